The van der Waals surface area contributed by atoms with Gasteiger partial charge in [-0.3, -0.25) is 4.98 Å². The zero-order chi connectivity index (χ0) is 11.4. The van der Waals surface area contributed by atoms with Crippen molar-refractivity contribution in [2.75, 3.05) is 7.05 Å². The van der Waals surface area contributed by atoms with E-state index in [1.54, 1.807) is 6.26 Å². The minimum absolute atomic E-state index is 0.200. The molecule has 2 aromatic heterocycles. The molecule has 0 bridgehead atoms. The SMILES string of the molecule is CNC(Cc1ccco1)c1cccc(C)n1. The summed E-state index contributed by atoms with van der Waals surface area (Å²) in [4.78, 5) is 4.52. The number of aryl methyl sites for hydroxylation is 1. The Balaban J connectivity index is 2.16. The van der Waals surface area contributed by atoms with Crippen LogP contribution in [0.15, 0.2) is 41.0 Å². The summed E-state index contributed by atoms with van der Waals surface area (Å²) >= 11 is 0. The predicted octanol–water partition coefficient (Wildman–Crippen LogP) is 2.49. The highest BCUT2D eigenvalue weighted by molar-refractivity contribution is 5.15. The second kappa shape index (κ2) is 4.94. The van der Waals surface area contributed by atoms with E-state index in [-0.39, 0.29) is 6.04 Å². The number of aromatic nitrogens is 1. The summed E-state index contributed by atoms with van der Waals surface area (Å²) in [5.41, 5.74) is 2.09. The Morgan fingerprint density at radius 3 is 2.81 bits per heavy atom. The van der Waals surface area contributed by atoms with Crippen molar-refractivity contribution in [3.8, 4) is 0 Å². The Hall–Kier alpha value is -1.61. The van der Waals surface area contributed by atoms with Gasteiger partial charge in [-0.15, -0.1) is 0 Å². The Morgan fingerprint density at radius 1 is 1.31 bits per heavy atom. The van der Waals surface area contributed by atoms with Crippen molar-refractivity contribution in [3.05, 3.63) is 53.7 Å². The lowest BCUT2D eigenvalue weighted by Crippen LogP contribution is -2.20. The summed E-state index contributed by atoms with van der Waals surface area (Å²) in [6.45, 7) is 2.00. The summed E-state index contributed by atoms with van der Waals surface area (Å²) in [5, 5.41) is 3.26. The van der Waals surface area contributed by atoms with E-state index in [4.69, 9.17) is 4.42 Å². The molecule has 0 fully saturated rings. The molecule has 0 aromatic carbocycles. The highest BCUT2D eigenvalue weighted by Crippen LogP contribution is 2.16. The smallest absolute Gasteiger partial charge is 0.105 e. The fourth-order valence-corrected chi connectivity index (χ4v) is 1.74. The van der Waals surface area contributed by atoms with Crippen LogP contribution in [0.5, 0.6) is 0 Å². The van der Waals surface area contributed by atoms with E-state index in [9.17, 15) is 0 Å². The molecule has 0 aliphatic rings. The first-order valence-corrected chi connectivity index (χ1v) is 5.43. The number of likely N-dealkylation sites (N-methyl/N-ethyl adjacent to an activating group) is 1. The maximum Gasteiger partial charge on any atom is 0.105 e. The molecule has 2 rings (SSSR count). The average molecular weight is 216 g/mol. The predicted molar refractivity (Wildman–Crippen MR) is 63.2 cm³/mol. The van der Waals surface area contributed by atoms with Crippen LogP contribution in [0.4, 0.5) is 0 Å². The van der Waals surface area contributed by atoms with Gasteiger partial charge in [0.1, 0.15) is 5.76 Å². The number of hydrogen-bond donors (Lipinski definition) is 1. The Labute approximate surface area is 95.5 Å². The molecule has 0 saturated heterocycles. The zero-order valence-electron chi connectivity index (χ0n) is 9.60. The lowest BCUT2D eigenvalue weighted by atomic mass is 10.1. The van der Waals surface area contributed by atoms with Crippen LogP contribution in [0.25, 0.3) is 0 Å². The maximum atomic E-state index is 5.35. The summed E-state index contributed by atoms with van der Waals surface area (Å²) in [7, 11) is 1.94. The van der Waals surface area contributed by atoms with Crippen molar-refractivity contribution in [1.29, 1.82) is 0 Å². The fourth-order valence-electron chi connectivity index (χ4n) is 1.74. The zero-order valence-corrected chi connectivity index (χ0v) is 9.60. The number of hydrogen-bond acceptors (Lipinski definition) is 3. The van der Waals surface area contributed by atoms with Gasteiger partial charge in [-0.05, 0) is 38.2 Å². The summed E-state index contributed by atoms with van der Waals surface area (Å²) in [6.07, 6.45) is 2.52. The lowest BCUT2D eigenvalue weighted by Gasteiger charge is -2.14. The third-order valence-electron chi connectivity index (χ3n) is 2.60. The second-order valence-corrected chi connectivity index (χ2v) is 3.83. The van der Waals surface area contributed by atoms with Crippen LogP contribution >= 0.6 is 0 Å². The van der Waals surface area contributed by atoms with Gasteiger partial charge in [-0.1, -0.05) is 6.07 Å². The van der Waals surface area contributed by atoms with Crippen LogP contribution < -0.4 is 5.32 Å². The first kappa shape index (κ1) is 10.9. The number of nitrogens with one attached hydrogen (secondary N) is 1. The first-order valence-electron chi connectivity index (χ1n) is 5.43. The van der Waals surface area contributed by atoms with Crippen LogP contribution in [0.2, 0.25) is 0 Å². The average Bonchev–Trinajstić information content (AvgIpc) is 2.78. The van der Waals surface area contributed by atoms with Gasteiger partial charge in [0, 0.05) is 12.1 Å². The minimum Gasteiger partial charge on any atom is -0.469 e. The highest BCUT2D eigenvalue weighted by Gasteiger charge is 2.12. The van der Waals surface area contributed by atoms with Crippen LogP contribution in [0, 0.1) is 6.92 Å². The minimum atomic E-state index is 0.200. The Morgan fingerprint density at radius 2 is 2.19 bits per heavy atom. The largest absolute Gasteiger partial charge is 0.469 e. The van der Waals surface area contributed by atoms with Crippen molar-refractivity contribution in [2.45, 2.75) is 19.4 Å². The first-order chi connectivity index (χ1) is 7.79. The topological polar surface area (TPSA) is 38.1 Å². The van der Waals surface area contributed by atoms with Gasteiger partial charge in [0.05, 0.1) is 18.0 Å². The van der Waals surface area contributed by atoms with Gasteiger partial charge in [-0.25, -0.2) is 0 Å². The number of furan rings is 1. The summed E-state index contributed by atoms with van der Waals surface area (Å²) in [6, 6.07) is 10.2. The van der Waals surface area contributed by atoms with Crippen LogP contribution in [-0.2, 0) is 6.42 Å². The number of nitrogens with zero attached hydrogens (tertiary/aromatic N) is 1. The van der Waals surface area contributed by atoms with Gasteiger partial charge in [0.2, 0.25) is 0 Å². The van der Waals surface area contributed by atoms with Gasteiger partial charge >= 0.3 is 0 Å². The quantitative estimate of drug-likeness (QED) is 0.853. The van der Waals surface area contributed by atoms with Crippen molar-refractivity contribution < 1.29 is 4.42 Å². The molecule has 0 aliphatic carbocycles. The molecule has 0 radical (unpaired) electrons. The molecule has 3 nitrogen and oxygen atoms in total. The van der Waals surface area contributed by atoms with E-state index >= 15 is 0 Å². The fraction of sp³-hybridized carbons (Fsp3) is 0.308. The molecule has 0 aliphatic heterocycles. The monoisotopic (exact) mass is 216 g/mol. The molecule has 2 aromatic rings. The molecule has 0 spiro atoms. The standard InChI is InChI=1S/C13H16N2O/c1-10-5-3-7-12(15-10)13(14-2)9-11-6-4-8-16-11/h3-8,13-14H,9H2,1-2H3. The van der Waals surface area contributed by atoms with Gasteiger partial charge < -0.3 is 9.73 Å². The molecule has 1 atom stereocenters. The molecule has 84 valence electrons. The highest BCUT2D eigenvalue weighted by atomic mass is 16.3. The molecule has 1 unspecified atom stereocenters. The lowest BCUT2D eigenvalue weighted by molar-refractivity contribution is 0.461. The maximum absolute atomic E-state index is 5.35. The van der Waals surface area contributed by atoms with Crippen molar-refractivity contribution in [1.82, 2.24) is 10.3 Å². The molecule has 16 heavy (non-hydrogen) atoms. The van der Waals surface area contributed by atoms with E-state index in [2.05, 4.69) is 10.3 Å². The summed E-state index contributed by atoms with van der Waals surface area (Å²) in [5.74, 6) is 0.975. The van der Waals surface area contributed by atoms with Gasteiger partial charge in [0.15, 0.2) is 0 Å². The normalized spacial score (nSPS) is 12.6. The van der Waals surface area contributed by atoms with Crippen LogP contribution in [0.3, 0.4) is 0 Å². The van der Waals surface area contributed by atoms with Crippen molar-refractivity contribution in [3.63, 3.8) is 0 Å². The van der Waals surface area contributed by atoms with E-state index in [0.29, 0.717) is 0 Å². The molecular weight excluding hydrogens is 200 g/mol. The van der Waals surface area contributed by atoms with Crippen LogP contribution in [0.1, 0.15) is 23.2 Å². The molecule has 0 amide bonds. The number of pyridine rings is 1. The molecule has 1 N–H and O–H groups in total. The van der Waals surface area contributed by atoms with Crippen molar-refractivity contribution in [2.24, 2.45) is 0 Å². The van der Waals surface area contributed by atoms with E-state index in [0.717, 1.165) is 23.6 Å². The van der Waals surface area contributed by atoms with Crippen molar-refractivity contribution >= 4 is 0 Å². The molecule has 3 heteroatoms. The van der Waals surface area contributed by atoms with Gasteiger partial charge in [-0.2, -0.15) is 0 Å². The second-order valence-electron chi connectivity index (χ2n) is 3.83. The van der Waals surface area contributed by atoms with Gasteiger partial charge in [0.25, 0.3) is 0 Å². The molecular formula is C13H16N2O. The third kappa shape index (κ3) is 2.49. The number of rotatable bonds is 4. The Bertz CT molecular complexity index is 437. The third-order valence-corrected chi connectivity index (χ3v) is 2.60. The Kier molecular flexibility index (Phi) is 3.37. The van der Waals surface area contributed by atoms with E-state index < -0.39 is 0 Å². The van der Waals surface area contributed by atoms with E-state index in [1.165, 1.54) is 0 Å². The van der Waals surface area contributed by atoms with E-state index in [1.807, 2.05) is 44.3 Å². The summed E-state index contributed by atoms with van der Waals surface area (Å²) < 4.78 is 5.35. The molecule has 0 saturated carbocycles. The van der Waals surface area contributed by atoms with Crippen LogP contribution in [-0.4, -0.2) is 12.0 Å². The molecule has 2 heterocycles.